The van der Waals surface area contributed by atoms with Crippen LogP contribution in [-0.4, -0.2) is 12.6 Å². The fourth-order valence-electron chi connectivity index (χ4n) is 0.371. The van der Waals surface area contributed by atoms with Crippen LogP contribution in [0.15, 0.2) is 24.8 Å². The van der Waals surface area contributed by atoms with E-state index in [-0.39, 0.29) is 5.97 Å². The van der Waals surface area contributed by atoms with Crippen LogP contribution in [0.2, 0.25) is 0 Å². The van der Waals surface area contributed by atoms with Gasteiger partial charge in [-0.2, -0.15) is 0 Å². The predicted molar refractivity (Wildman–Crippen MR) is 40.6 cm³/mol. The van der Waals surface area contributed by atoms with Crippen molar-refractivity contribution in [1.82, 2.24) is 0 Å². The monoisotopic (exact) mass is 140 g/mol. The number of carbonyl (C=O) groups excluding carboxylic acids is 1. The average Bonchev–Trinajstić information content (AvgIpc) is 1.98. The number of esters is 1. The molecule has 0 unspecified atom stereocenters. The lowest BCUT2D eigenvalue weighted by atomic mass is 10.3. The van der Waals surface area contributed by atoms with Crippen LogP contribution in [0.4, 0.5) is 0 Å². The summed E-state index contributed by atoms with van der Waals surface area (Å²) in [6.07, 6.45) is 2.22. The summed E-state index contributed by atoms with van der Waals surface area (Å²) in [4.78, 5) is 10.7. The van der Waals surface area contributed by atoms with E-state index in [1.807, 2.05) is 6.92 Å². The van der Waals surface area contributed by atoms with Gasteiger partial charge in [-0.1, -0.05) is 26.2 Å². The van der Waals surface area contributed by atoms with Crippen molar-refractivity contribution in [3.8, 4) is 0 Å². The molecule has 0 atom stereocenters. The van der Waals surface area contributed by atoms with E-state index in [0.717, 1.165) is 6.42 Å². The van der Waals surface area contributed by atoms with Gasteiger partial charge < -0.3 is 4.74 Å². The van der Waals surface area contributed by atoms with Gasteiger partial charge in [0.25, 0.3) is 0 Å². The van der Waals surface area contributed by atoms with E-state index in [1.54, 1.807) is 0 Å². The Morgan fingerprint density at radius 2 is 2.30 bits per heavy atom. The van der Waals surface area contributed by atoms with Gasteiger partial charge in [0, 0.05) is 0 Å². The SMILES string of the molecule is C=CC(=C)C(=O)OCCC. The maximum Gasteiger partial charge on any atom is 0.337 e. The first-order valence-corrected chi connectivity index (χ1v) is 3.20. The van der Waals surface area contributed by atoms with Crippen molar-refractivity contribution in [3.05, 3.63) is 24.8 Å². The summed E-state index contributed by atoms with van der Waals surface area (Å²) in [5.74, 6) is -0.378. The number of rotatable bonds is 4. The molecule has 0 rings (SSSR count). The third-order valence-electron chi connectivity index (χ3n) is 0.946. The molecule has 0 fully saturated rings. The van der Waals surface area contributed by atoms with Gasteiger partial charge in [-0.3, -0.25) is 0 Å². The minimum absolute atomic E-state index is 0.313. The van der Waals surface area contributed by atoms with E-state index in [0.29, 0.717) is 12.2 Å². The molecule has 56 valence electrons. The summed E-state index contributed by atoms with van der Waals surface area (Å²) in [5.41, 5.74) is 0.313. The second-order valence-electron chi connectivity index (χ2n) is 1.87. The number of hydrogen-bond donors (Lipinski definition) is 0. The van der Waals surface area contributed by atoms with Gasteiger partial charge in [-0.15, -0.1) is 0 Å². The summed E-state index contributed by atoms with van der Waals surface area (Å²) in [6, 6.07) is 0. The summed E-state index contributed by atoms with van der Waals surface area (Å²) in [7, 11) is 0. The van der Waals surface area contributed by atoms with Gasteiger partial charge in [0.2, 0.25) is 0 Å². The highest BCUT2D eigenvalue weighted by Gasteiger charge is 2.01. The molecule has 0 radical (unpaired) electrons. The normalized spacial score (nSPS) is 8.50. The number of hydrogen-bond acceptors (Lipinski definition) is 2. The quantitative estimate of drug-likeness (QED) is 0.337. The van der Waals surface area contributed by atoms with Gasteiger partial charge in [0.1, 0.15) is 0 Å². The van der Waals surface area contributed by atoms with Crippen molar-refractivity contribution >= 4 is 5.97 Å². The molecular formula is C8H12O2. The zero-order valence-corrected chi connectivity index (χ0v) is 6.22. The molecule has 0 saturated heterocycles. The first-order chi connectivity index (χ1) is 4.72. The third-order valence-corrected chi connectivity index (χ3v) is 0.946. The van der Waals surface area contributed by atoms with Crippen molar-refractivity contribution in [1.29, 1.82) is 0 Å². The van der Waals surface area contributed by atoms with Crippen LogP contribution >= 0.6 is 0 Å². The molecular weight excluding hydrogens is 128 g/mol. The number of carbonyl (C=O) groups is 1. The topological polar surface area (TPSA) is 26.3 Å². The second kappa shape index (κ2) is 4.79. The zero-order chi connectivity index (χ0) is 7.98. The standard InChI is InChI=1S/C8H12O2/c1-4-6-10-8(9)7(3)5-2/h5H,2-4,6H2,1H3. The van der Waals surface area contributed by atoms with Gasteiger partial charge in [0.05, 0.1) is 12.2 Å². The molecule has 0 heterocycles. The molecule has 0 aromatic carbocycles. The van der Waals surface area contributed by atoms with E-state index in [2.05, 4.69) is 13.2 Å². The minimum atomic E-state index is -0.378. The highest BCUT2D eigenvalue weighted by molar-refractivity contribution is 5.90. The molecule has 10 heavy (non-hydrogen) atoms. The molecule has 0 N–H and O–H groups in total. The molecule has 2 nitrogen and oxygen atoms in total. The van der Waals surface area contributed by atoms with Crippen molar-refractivity contribution in [2.24, 2.45) is 0 Å². The molecule has 0 aliphatic rings. The maximum absolute atomic E-state index is 10.7. The van der Waals surface area contributed by atoms with Crippen LogP contribution in [0.3, 0.4) is 0 Å². The molecule has 0 amide bonds. The Kier molecular flexibility index (Phi) is 4.29. The van der Waals surface area contributed by atoms with E-state index in [1.165, 1.54) is 6.08 Å². The smallest absolute Gasteiger partial charge is 0.337 e. The Morgan fingerprint density at radius 1 is 1.70 bits per heavy atom. The van der Waals surface area contributed by atoms with Gasteiger partial charge in [-0.25, -0.2) is 4.79 Å². The van der Waals surface area contributed by atoms with Gasteiger partial charge in [-0.05, 0) is 6.42 Å². The van der Waals surface area contributed by atoms with E-state index in [4.69, 9.17) is 4.74 Å². The lowest BCUT2D eigenvalue weighted by Crippen LogP contribution is -2.05. The molecule has 0 saturated carbocycles. The fraction of sp³-hybridized carbons (Fsp3) is 0.375. The highest BCUT2D eigenvalue weighted by Crippen LogP contribution is 1.95. The van der Waals surface area contributed by atoms with Crippen molar-refractivity contribution < 1.29 is 9.53 Å². The Hall–Kier alpha value is -1.05. The second-order valence-corrected chi connectivity index (χ2v) is 1.87. The summed E-state index contributed by atoms with van der Waals surface area (Å²) in [6.45, 7) is 9.21. The maximum atomic E-state index is 10.7. The molecule has 2 heteroatoms. The number of ether oxygens (including phenoxy) is 1. The summed E-state index contributed by atoms with van der Waals surface area (Å²) >= 11 is 0. The van der Waals surface area contributed by atoms with Crippen LogP contribution in [0.25, 0.3) is 0 Å². The lowest BCUT2D eigenvalue weighted by molar-refractivity contribution is -0.138. The zero-order valence-electron chi connectivity index (χ0n) is 6.22. The van der Waals surface area contributed by atoms with Crippen LogP contribution in [0.1, 0.15) is 13.3 Å². The molecule has 0 aromatic rings. The Balaban J connectivity index is 3.62. The van der Waals surface area contributed by atoms with Crippen LogP contribution in [0.5, 0.6) is 0 Å². The Bertz CT molecular complexity index is 147. The molecule has 0 aromatic heterocycles. The van der Waals surface area contributed by atoms with E-state index >= 15 is 0 Å². The first-order valence-electron chi connectivity index (χ1n) is 3.20. The predicted octanol–water partition coefficient (Wildman–Crippen LogP) is 1.68. The molecule has 0 bridgehead atoms. The van der Waals surface area contributed by atoms with E-state index in [9.17, 15) is 4.79 Å². The molecule has 0 aliphatic heterocycles. The molecule has 0 aliphatic carbocycles. The van der Waals surface area contributed by atoms with Crippen molar-refractivity contribution in [2.75, 3.05) is 6.61 Å². The van der Waals surface area contributed by atoms with Crippen LogP contribution in [-0.2, 0) is 9.53 Å². The minimum Gasteiger partial charge on any atom is -0.462 e. The van der Waals surface area contributed by atoms with Gasteiger partial charge in [0.15, 0.2) is 0 Å². The summed E-state index contributed by atoms with van der Waals surface area (Å²) in [5, 5.41) is 0. The average molecular weight is 140 g/mol. The van der Waals surface area contributed by atoms with Crippen molar-refractivity contribution in [2.45, 2.75) is 13.3 Å². The lowest BCUT2D eigenvalue weighted by Gasteiger charge is -2.00. The summed E-state index contributed by atoms with van der Waals surface area (Å²) < 4.78 is 4.73. The Morgan fingerprint density at radius 3 is 2.70 bits per heavy atom. The van der Waals surface area contributed by atoms with E-state index < -0.39 is 0 Å². The fourth-order valence-corrected chi connectivity index (χ4v) is 0.371. The van der Waals surface area contributed by atoms with Crippen LogP contribution < -0.4 is 0 Å². The van der Waals surface area contributed by atoms with Crippen LogP contribution in [0, 0.1) is 0 Å². The largest absolute Gasteiger partial charge is 0.462 e. The third kappa shape index (κ3) is 3.07. The Labute approximate surface area is 61.2 Å². The van der Waals surface area contributed by atoms with Crippen molar-refractivity contribution in [3.63, 3.8) is 0 Å². The van der Waals surface area contributed by atoms with Gasteiger partial charge >= 0.3 is 5.97 Å². The molecule has 0 spiro atoms. The first kappa shape index (κ1) is 8.95. The highest BCUT2D eigenvalue weighted by atomic mass is 16.5.